The number of carbonyl (C=O) groups excluding carboxylic acids is 2. The molecule has 1 aliphatic heterocycles. The van der Waals surface area contributed by atoms with Crippen molar-refractivity contribution < 1.29 is 14.3 Å². The number of nitrogens with one attached hydrogen (secondary N) is 3. The van der Waals surface area contributed by atoms with E-state index in [-0.39, 0.29) is 11.9 Å². The molecule has 2 bridgehead atoms. The SMILES string of the molecule is C=C1NC(=O)CCCCC[C@H](N)c2ncc([nH]2)/C1=C/C=C(\C)NC(=O)OC. The van der Waals surface area contributed by atoms with Crippen LogP contribution in [-0.2, 0) is 9.53 Å². The molecule has 0 saturated carbocycles. The van der Waals surface area contributed by atoms with Gasteiger partial charge in [-0.05, 0) is 31.9 Å². The summed E-state index contributed by atoms with van der Waals surface area (Å²) in [5, 5.41) is 5.40. The number of fused-ring (bicyclic) bond motifs is 2. The predicted octanol–water partition coefficient (Wildman–Crippen LogP) is 2.65. The molecule has 1 aromatic heterocycles. The van der Waals surface area contributed by atoms with Gasteiger partial charge in [0.05, 0.1) is 25.0 Å². The van der Waals surface area contributed by atoms with Gasteiger partial charge in [-0.1, -0.05) is 19.4 Å². The average molecular weight is 373 g/mol. The van der Waals surface area contributed by atoms with E-state index in [4.69, 9.17) is 5.73 Å². The molecular weight excluding hydrogens is 346 g/mol. The first-order valence-electron chi connectivity index (χ1n) is 8.94. The quantitative estimate of drug-likeness (QED) is 0.635. The number of ether oxygens (including phenoxy) is 1. The zero-order chi connectivity index (χ0) is 19.8. The van der Waals surface area contributed by atoms with Crippen molar-refractivity contribution in [1.82, 2.24) is 20.6 Å². The zero-order valence-electron chi connectivity index (χ0n) is 15.8. The molecule has 1 aromatic rings. The number of hydrogen-bond donors (Lipinski definition) is 4. The van der Waals surface area contributed by atoms with Gasteiger partial charge in [0.25, 0.3) is 0 Å². The highest BCUT2D eigenvalue weighted by Crippen LogP contribution is 2.23. The molecule has 8 heteroatoms. The summed E-state index contributed by atoms with van der Waals surface area (Å²) in [5.41, 5.74) is 8.58. The third-order valence-electron chi connectivity index (χ3n) is 4.26. The van der Waals surface area contributed by atoms with Crippen LogP contribution in [0.1, 0.15) is 56.6 Å². The van der Waals surface area contributed by atoms with Crippen molar-refractivity contribution in [1.29, 1.82) is 0 Å². The number of aromatic nitrogens is 2. The van der Waals surface area contributed by atoms with Gasteiger partial charge in [0.15, 0.2) is 0 Å². The molecule has 2 heterocycles. The van der Waals surface area contributed by atoms with Crippen LogP contribution >= 0.6 is 0 Å². The van der Waals surface area contributed by atoms with Gasteiger partial charge in [-0.2, -0.15) is 0 Å². The van der Waals surface area contributed by atoms with Crippen molar-refractivity contribution in [2.45, 2.75) is 45.1 Å². The first kappa shape index (κ1) is 20.4. The molecule has 0 spiro atoms. The van der Waals surface area contributed by atoms with E-state index >= 15 is 0 Å². The van der Waals surface area contributed by atoms with Crippen LogP contribution in [0.2, 0.25) is 0 Å². The molecule has 1 atom stereocenters. The lowest BCUT2D eigenvalue weighted by atomic mass is 10.1. The van der Waals surface area contributed by atoms with Crippen LogP contribution < -0.4 is 16.4 Å². The molecule has 0 fully saturated rings. The first-order valence-corrected chi connectivity index (χ1v) is 8.94. The fourth-order valence-electron chi connectivity index (χ4n) is 2.74. The van der Waals surface area contributed by atoms with Crippen molar-refractivity contribution in [2.24, 2.45) is 5.73 Å². The third-order valence-corrected chi connectivity index (χ3v) is 4.26. The minimum atomic E-state index is -0.556. The van der Waals surface area contributed by atoms with Gasteiger partial charge in [0, 0.05) is 23.4 Å². The molecule has 8 nitrogen and oxygen atoms in total. The Morgan fingerprint density at radius 2 is 2.22 bits per heavy atom. The number of alkyl carbamates (subject to hydrolysis) is 1. The van der Waals surface area contributed by atoms with E-state index < -0.39 is 6.09 Å². The van der Waals surface area contributed by atoms with Gasteiger partial charge < -0.3 is 20.8 Å². The van der Waals surface area contributed by atoms with Crippen LogP contribution in [0, 0.1) is 0 Å². The van der Waals surface area contributed by atoms with E-state index in [9.17, 15) is 9.59 Å². The molecule has 146 valence electrons. The third kappa shape index (κ3) is 6.10. The lowest BCUT2D eigenvalue weighted by molar-refractivity contribution is -0.120. The van der Waals surface area contributed by atoms with E-state index in [0.29, 0.717) is 34.9 Å². The highest BCUT2D eigenvalue weighted by atomic mass is 16.5. The molecule has 2 rings (SSSR count). The lowest BCUT2D eigenvalue weighted by Gasteiger charge is -2.11. The Kier molecular flexibility index (Phi) is 7.36. The predicted molar refractivity (Wildman–Crippen MR) is 103 cm³/mol. The summed E-state index contributed by atoms with van der Waals surface area (Å²) >= 11 is 0. The summed E-state index contributed by atoms with van der Waals surface area (Å²) in [6.07, 6.45) is 8.47. The number of nitrogens with zero attached hydrogens (tertiary/aromatic N) is 1. The number of nitrogens with two attached hydrogens (primary N) is 1. The number of aromatic amines is 1. The largest absolute Gasteiger partial charge is 0.453 e. The van der Waals surface area contributed by atoms with Crippen LogP contribution in [0.25, 0.3) is 5.57 Å². The highest BCUT2D eigenvalue weighted by Gasteiger charge is 2.16. The highest BCUT2D eigenvalue weighted by molar-refractivity contribution is 5.86. The Balaban J connectivity index is 2.34. The van der Waals surface area contributed by atoms with Crippen molar-refractivity contribution in [3.8, 4) is 0 Å². The number of H-pyrrole nitrogens is 1. The number of rotatable bonds is 2. The molecule has 0 radical (unpaired) electrons. The summed E-state index contributed by atoms with van der Waals surface area (Å²) in [4.78, 5) is 31.0. The van der Waals surface area contributed by atoms with E-state index in [1.165, 1.54) is 7.11 Å². The van der Waals surface area contributed by atoms with Gasteiger partial charge >= 0.3 is 6.09 Å². The second-order valence-corrected chi connectivity index (χ2v) is 6.46. The maximum atomic E-state index is 12.2. The standard InChI is InChI=1S/C19H27N5O3/c1-12(22-19(26)27-3)9-10-14-13(2)23-17(25)8-6-4-5-7-15(20)18-21-11-16(14)24-18/h9-11,15H,2,4-8,20H2,1,3H3,(H,21,24)(H,22,26)(H,23,25)/b12-9+,14-10+/t15-/m0/s1. The van der Waals surface area contributed by atoms with Crippen LogP contribution in [0.15, 0.2) is 36.3 Å². The molecule has 1 aliphatic rings. The maximum Gasteiger partial charge on any atom is 0.411 e. The maximum absolute atomic E-state index is 12.2. The van der Waals surface area contributed by atoms with Crippen molar-refractivity contribution in [2.75, 3.05) is 7.11 Å². The van der Waals surface area contributed by atoms with Crippen molar-refractivity contribution >= 4 is 17.6 Å². The number of allylic oxidation sites excluding steroid dienone is 4. The summed E-state index contributed by atoms with van der Waals surface area (Å²) in [5.74, 6) is 0.616. The van der Waals surface area contributed by atoms with Gasteiger partial charge in [0.2, 0.25) is 5.91 Å². The molecular formula is C19H27N5O3. The number of hydrogen-bond acceptors (Lipinski definition) is 5. The number of imidazole rings is 1. The monoisotopic (exact) mass is 373 g/mol. The van der Waals surface area contributed by atoms with Gasteiger partial charge in [-0.25, -0.2) is 9.78 Å². The van der Waals surface area contributed by atoms with Crippen LogP contribution in [0.5, 0.6) is 0 Å². The summed E-state index contributed by atoms with van der Waals surface area (Å²) in [7, 11) is 1.29. The number of methoxy groups -OCH3 is 1. The van der Waals surface area contributed by atoms with Crippen LogP contribution in [-0.4, -0.2) is 29.1 Å². The molecule has 0 aromatic carbocycles. The van der Waals surface area contributed by atoms with E-state index in [0.717, 1.165) is 25.7 Å². The Morgan fingerprint density at radius 3 is 2.96 bits per heavy atom. The molecule has 2 amide bonds. The molecule has 0 unspecified atom stereocenters. The second-order valence-electron chi connectivity index (χ2n) is 6.46. The Hall–Kier alpha value is -2.87. The average Bonchev–Trinajstić information content (AvgIpc) is 3.10. The van der Waals surface area contributed by atoms with Gasteiger partial charge in [0.1, 0.15) is 5.82 Å². The van der Waals surface area contributed by atoms with Gasteiger partial charge in [-0.15, -0.1) is 0 Å². The normalized spacial score (nSPS) is 20.9. The lowest BCUT2D eigenvalue weighted by Crippen LogP contribution is -2.22. The Morgan fingerprint density at radius 1 is 1.44 bits per heavy atom. The molecule has 0 saturated heterocycles. The second kappa shape index (κ2) is 9.72. The van der Waals surface area contributed by atoms with Crippen molar-refractivity contribution in [3.05, 3.63) is 47.8 Å². The number of carbonyl (C=O) groups is 2. The molecule has 27 heavy (non-hydrogen) atoms. The van der Waals surface area contributed by atoms with Crippen LogP contribution in [0.4, 0.5) is 4.79 Å². The Bertz CT molecular complexity index is 763. The fraction of sp³-hybridized carbons (Fsp3) is 0.421. The van der Waals surface area contributed by atoms with E-state index in [2.05, 4.69) is 31.9 Å². The molecule has 0 aliphatic carbocycles. The van der Waals surface area contributed by atoms with E-state index in [1.807, 2.05) is 0 Å². The zero-order valence-corrected chi connectivity index (χ0v) is 15.8. The summed E-state index contributed by atoms with van der Waals surface area (Å²) in [6, 6.07) is -0.184. The van der Waals surface area contributed by atoms with E-state index in [1.54, 1.807) is 25.3 Å². The fourth-order valence-corrected chi connectivity index (χ4v) is 2.74. The van der Waals surface area contributed by atoms with Crippen LogP contribution in [0.3, 0.4) is 0 Å². The Labute approximate surface area is 159 Å². The first-order chi connectivity index (χ1) is 12.9. The minimum Gasteiger partial charge on any atom is -0.453 e. The molecule has 5 N–H and O–H groups in total. The topological polar surface area (TPSA) is 122 Å². The summed E-state index contributed by atoms with van der Waals surface area (Å²) in [6.45, 7) is 5.71. The van der Waals surface area contributed by atoms with Crippen molar-refractivity contribution in [3.63, 3.8) is 0 Å². The smallest absolute Gasteiger partial charge is 0.411 e. The number of amides is 2. The summed E-state index contributed by atoms with van der Waals surface area (Å²) < 4.78 is 4.57. The minimum absolute atomic E-state index is 0.0810. The van der Waals surface area contributed by atoms with Gasteiger partial charge in [-0.3, -0.25) is 10.1 Å².